The lowest BCUT2D eigenvalue weighted by atomic mass is 10.1. The van der Waals surface area contributed by atoms with Gasteiger partial charge in [-0.2, -0.15) is 0 Å². The maximum Gasteiger partial charge on any atom is 0.212 e. The minimum absolute atomic E-state index is 0.198. The molecule has 5 rings (SSSR count). The van der Waals surface area contributed by atoms with Gasteiger partial charge in [0.25, 0.3) is 0 Å². The number of aliphatic imine (C=N–C) groups is 1. The predicted octanol–water partition coefficient (Wildman–Crippen LogP) is 1.90. The summed E-state index contributed by atoms with van der Waals surface area (Å²) in [6.45, 7) is 1.17. The third kappa shape index (κ3) is 2.47. The Morgan fingerprint density at radius 3 is 2.63 bits per heavy atom. The van der Waals surface area contributed by atoms with E-state index < -0.39 is 6.17 Å². The topological polar surface area (TPSA) is 127 Å². The van der Waals surface area contributed by atoms with Gasteiger partial charge >= 0.3 is 0 Å². The molecule has 5 N–H and O–H groups in total. The molecule has 0 spiro atoms. The van der Waals surface area contributed by atoms with E-state index in [2.05, 4.69) is 15.3 Å². The number of imidazole rings is 1. The van der Waals surface area contributed by atoms with E-state index in [4.69, 9.17) is 15.2 Å². The van der Waals surface area contributed by atoms with E-state index in [0.29, 0.717) is 41.7 Å². The Morgan fingerprint density at radius 1 is 1.07 bits per heavy atom. The molecule has 1 atom stereocenters. The van der Waals surface area contributed by atoms with Gasteiger partial charge in [-0.25, -0.2) is 9.98 Å². The van der Waals surface area contributed by atoms with E-state index in [1.807, 2.05) is 16.7 Å². The normalized spacial score (nSPS) is 18.4. The molecule has 9 nitrogen and oxygen atoms in total. The first kappa shape index (κ1) is 15.6. The zero-order valence-corrected chi connectivity index (χ0v) is 14.2. The Hall–Kier alpha value is -3.62. The van der Waals surface area contributed by atoms with Crippen LogP contribution < -0.4 is 20.5 Å². The molecule has 0 amide bonds. The molecule has 0 bridgehead atoms. The van der Waals surface area contributed by atoms with Crippen molar-refractivity contribution in [3.63, 3.8) is 0 Å². The van der Waals surface area contributed by atoms with E-state index >= 15 is 0 Å². The molecule has 0 aliphatic carbocycles. The van der Waals surface area contributed by atoms with Crippen LogP contribution in [0.15, 0.2) is 35.3 Å². The zero-order valence-electron chi connectivity index (χ0n) is 14.2. The highest BCUT2D eigenvalue weighted by atomic mass is 16.5. The molecule has 138 valence electrons. The summed E-state index contributed by atoms with van der Waals surface area (Å²) in [6.07, 6.45) is 0.262. The second-order valence-corrected chi connectivity index (χ2v) is 6.40. The molecule has 9 heteroatoms. The fourth-order valence-corrected chi connectivity index (χ4v) is 3.35. The third-order valence-electron chi connectivity index (χ3n) is 4.60. The Labute approximate surface area is 153 Å². The fourth-order valence-electron chi connectivity index (χ4n) is 3.35. The monoisotopic (exact) mass is 367 g/mol. The number of phenolic OH excluding ortho intramolecular Hbond substituents is 2. The Morgan fingerprint density at radius 2 is 1.85 bits per heavy atom. The van der Waals surface area contributed by atoms with Crippen LogP contribution in [0.2, 0.25) is 0 Å². The van der Waals surface area contributed by atoms with E-state index in [0.717, 1.165) is 11.9 Å². The van der Waals surface area contributed by atoms with Crippen LogP contribution in [0.3, 0.4) is 0 Å². The summed E-state index contributed by atoms with van der Waals surface area (Å²) in [4.78, 5) is 9.06. The highest BCUT2D eigenvalue weighted by molar-refractivity contribution is 5.95. The van der Waals surface area contributed by atoms with Gasteiger partial charge in [0.1, 0.15) is 0 Å². The Balaban J connectivity index is 1.71. The number of hydrogen-bond acceptors (Lipinski definition) is 8. The maximum absolute atomic E-state index is 9.89. The van der Waals surface area contributed by atoms with Crippen LogP contribution >= 0.6 is 0 Å². The minimum Gasteiger partial charge on any atom is -0.504 e. The molecule has 3 aromatic rings. The number of aromatic hydroxyl groups is 2. The van der Waals surface area contributed by atoms with Gasteiger partial charge in [0, 0.05) is 24.1 Å². The first-order chi connectivity index (χ1) is 13.1. The molecule has 2 aromatic carbocycles. The van der Waals surface area contributed by atoms with Crippen molar-refractivity contribution in [1.82, 2.24) is 9.55 Å². The number of phenols is 2. The molecule has 0 fully saturated rings. The largest absolute Gasteiger partial charge is 0.504 e. The summed E-state index contributed by atoms with van der Waals surface area (Å²) >= 11 is 0. The molecule has 27 heavy (non-hydrogen) atoms. The van der Waals surface area contributed by atoms with Gasteiger partial charge in [-0.05, 0) is 12.1 Å². The van der Waals surface area contributed by atoms with Crippen LogP contribution in [-0.4, -0.2) is 38.9 Å². The van der Waals surface area contributed by atoms with Crippen LogP contribution in [-0.2, 0) is 0 Å². The fraction of sp³-hybridized carbons (Fsp3) is 0.222. The van der Waals surface area contributed by atoms with Crippen LogP contribution in [0.5, 0.6) is 23.0 Å². The lowest BCUT2D eigenvalue weighted by Crippen LogP contribution is -2.31. The van der Waals surface area contributed by atoms with Crippen molar-refractivity contribution in [2.45, 2.75) is 12.6 Å². The maximum atomic E-state index is 9.89. The third-order valence-corrected chi connectivity index (χ3v) is 4.60. The summed E-state index contributed by atoms with van der Waals surface area (Å²) in [7, 11) is 0. The number of guanidine groups is 1. The van der Waals surface area contributed by atoms with E-state index in [1.165, 1.54) is 12.1 Å². The molecule has 0 saturated heterocycles. The van der Waals surface area contributed by atoms with Crippen LogP contribution in [0, 0.1) is 0 Å². The molecule has 1 aromatic heterocycles. The van der Waals surface area contributed by atoms with Gasteiger partial charge in [-0.3, -0.25) is 9.88 Å². The van der Waals surface area contributed by atoms with Crippen molar-refractivity contribution in [3.8, 4) is 23.0 Å². The Kier molecular flexibility index (Phi) is 3.30. The highest BCUT2D eigenvalue weighted by Gasteiger charge is 2.27. The second-order valence-electron chi connectivity index (χ2n) is 6.40. The van der Waals surface area contributed by atoms with Gasteiger partial charge in [0.15, 0.2) is 35.1 Å². The van der Waals surface area contributed by atoms with Gasteiger partial charge in [-0.15, -0.1) is 0 Å². The lowest BCUT2D eigenvalue weighted by molar-refractivity contribution is 0.297. The summed E-state index contributed by atoms with van der Waals surface area (Å²) in [5.41, 5.74) is 8.08. The second kappa shape index (κ2) is 5.70. The van der Waals surface area contributed by atoms with Gasteiger partial charge < -0.3 is 25.4 Å². The van der Waals surface area contributed by atoms with Crippen LogP contribution in [0.4, 0.5) is 5.95 Å². The summed E-state index contributed by atoms with van der Waals surface area (Å²) in [6, 6.07) is 8.27. The number of nitrogens with zero attached hydrogens (tertiary/aromatic N) is 3. The average molecular weight is 367 g/mol. The summed E-state index contributed by atoms with van der Waals surface area (Å²) in [5, 5.41) is 22.5. The SMILES string of the molecule is NC1=N[C@H](c2ccc(O)c(O)c2)n2c(nc3cc4c(cc32)OCCCO4)N1. The quantitative estimate of drug-likeness (QED) is 0.484. The van der Waals surface area contributed by atoms with Gasteiger partial charge in [0.05, 0.1) is 24.2 Å². The van der Waals surface area contributed by atoms with E-state index in [1.54, 1.807) is 6.07 Å². The van der Waals surface area contributed by atoms with Crippen molar-refractivity contribution >= 4 is 22.9 Å². The van der Waals surface area contributed by atoms with Gasteiger partial charge in [-0.1, -0.05) is 6.07 Å². The van der Waals surface area contributed by atoms with Crippen molar-refractivity contribution in [2.75, 3.05) is 18.5 Å². The zero-order chi connectivity index (χ0) is 18.5. The van der Waals surface area contributed by atoms with E-state index in [9.17, 15) is 10.2 Å². The number of nitrogens with one attached hydrogen (secondary N) is 1. The molecule has 3 heterocycles. The Bertz CT molecular complexity index is 1090. The van der Waals surface area contributed by atoms with E-state index in [-0.39, 0.29) is 17.5 Å². The van der Waals surface area contributed by atoms with Crippen LogP contribution in [0.1, 0.15) is 18.2 Å². The lowest BCUT2D eigenvalue weighted by Gasteiger charge is -2.24. The number of aromatic nitrogens is 2. The standard InChI is InChI=1S/C18H17N5O4/c19-17-21-16(9-2-3-12(24)13(25)6-9)23-11-8-15-14(26-4-1-5-27-15)7-10(11)20-18(23)22-17/h2-3,6-8,16,24-25H,1,4-5H2,(H3,19,20,21,22)/t16-/m0/s1. The molecule has 0 saturated carbocycles. The van der Waals surface area contributed by atoms with Crippen molar-refractivity contribution in [3.05, 3.63) is 35.9 Å². The van der Waals surface area contributed by atoms with Crippen molar-refractivity contribution in [2.24, 2.45) is 10.7 Å². The number of nitrogens with two attached hydrogens (primary N) is 1. The number of ether oxygens (including phenoxy) is 2. The predicted molar refractivity (Wildman–Crippen MR) is 98.5 cm³/mol. The summed E-state index contributed by atoms with van der Waals surface area (Å²) < 4.78 is 13.4. The number of anilines is 1. The first-order valence-corrected chi connectivity index (χ1v) is 8.54. The molecule has 0 unspecified atom stereocenters. The number of benzene rings is 2. The first-order valence-electron chi connectivity index (χ1n) is 8.54. The molecular weight excluding hydrogens is 350 g/mol. The minimum atomic E-state index is -0.553. The number of fused-ring (bicyclic) bond motifs is 4. The summed E-state index contributed by atoms with van der Waals surface area (Å²) in [5.74, 6) is 1.62. The molecule has 2 aliphatic rings. The van der Waals surface area contributed by atoms with Crippen molar-refractivity contribution < 1.29 is 19.7 Å². The highest BCUT2D eigenvalue weighted by Crippen LogP contribution is 2.40. The molecule has 0 radical (unpaired) electrons. The van der Waals surface area contributed by atoms with Crippen LogP contribution in [0.25, 0.3) is 11.0 Å². The van der Waals surface area contributed by atoms with Gasteiger partial charge in [0.2, 0.25) is 5.95 Å². The average Bonchev–Trinajstić information content (AvgIpc) is 2.83. The van der Waals surface area contributed by atoms with Crippen molar-refractivity contribution in [1.29, 1.82) is 0 Å². The number of hydrogen-bond donors (Lipinski definition) is 4. The molecular formula is C18H17N5O4. The number of rotatable bonds is 1. The smallest absolute Gasteiger partial charge is 0.212 e. The molecule has 2 aliphatic heterocycles.